The van der Waals surface area contributed by atoms with Gasteiger partial charge in [-0.3, -0.25) is 4.79 Å². The molecule has 1 atom stereocenters. The Hall–Kier alpha value is -2.50. The van der Waals surface area contributed by atoms with E-state index in [-0.39, 0.29) is 6.10 Å². The van der Waals surface area contributed by atoms with Crippen molar-refractivity contribution in [1.82, 2.24) is 9.78 Å². The van der Waals surface area contributed by atoms with Gasteiger partial charge in [-0.15, -0.1) is 0 Å². The van der Waals surface area contributed by atoms with Crippen LogP contribution in [0.3, 0.4) is 0 Å². The van der Waals surface area contributed by atoms with Crippen LogP contribution in [0.15, 0.2) is 30.3 Å². The number of aromatic nitrogens is 2. The normalized spacial score (nSPS) is 20.3. The SMILES string of the molecule is Cc1cc(OC2CC(COc3cccc(CC(C)C(=O)O)c3)C2)n(C)n1. The van der Waals surface area contributed by atoms with Crippen LogP contribution < -0.4 is 9.47 Å². The average molecular weight is 358 g/mol. The topological polar surface area (TPSA) is 73.6 Å². The highest BCUT2D eigenvalue weighted by Gasteiger charge is 2.32. The molecule has 0 saturated heterocycles. The number of benzene rings is 1. The largest absolute Gasteiger partial charge is 0.493 e. The number of aryl methyl sites for hydroxylation is 2. The van der Waals surface area contributed by atoms with Crippen LogP contribution in [0.25, 0.3) is 0 Å². The summed E-state index contributed by atoms with van der Waals surface area (Å²) in [5.74, 6) is 0.917. The first-order valence-corrected chi connectivity index (χ1v) is 9.02. The molecule has 1 heterocycles. The van der Waals surface area contributed by atoms with Gasteiger partial charge in [-0.25, -0.2) is 4.68 Å². The second-order valence-electron chi connectivity index (χ2n) is 7.23. The molecule has 1 saturated carbocycles. The summed E-state index contributed by atoms with van der Waals surface area (Å²) in [5, 5.41) is 13.3. The van der Waals surface area contributed by atoms with Crippen molar-refractivity contribution in [3.63, 3.8) is 0 Å². The van der Waals surface area contributed by atoms with Crippen molar-refractivity contribution in [2.75, 3.05) is 6.61 Å². The van der Waals surface area contributed by atoms with Crippen LogP contribution in [0, 0.1) is 18.8 Å². The maximum Gasteiger partial charge on any atom is 0.306 e. The Balaban J connectivity index is 1.43. The van der Waals surface area contributed by atoms with E-state index in [9.17, 15) is 4.79 Å². The van der Waals surface area contributed by atoms with Crippen molar-refractivity contribution in [2.45, 2.75) is 39.2 Å². The molecule has 26 heavy (non-hydrogen) atoms. The molecule has 1 N–H and O–H groups in total. The van der Waals surface area contributed by atoms with Crippen LogP contribution in [0.1, 0.15) is 31.0 Å². The summed E-state index contributed by atoms with van der Waals surface area (Å²) in [4.78, 5) is 11.0. The number of ether oxygens (including phenoxy) is 2. The zero-order chi connectivity index (χ0) is 18.7. The highest BCUT2D eigenvalue weighted by Crippen LogP contribution is 2.32. The molecular weight excluding hydrogens is 332 g/mol. The van der Waals surface area contributed by atoms with Crippen molar-refractivity contribution >= 4 is 5.97 Å². The van der Waals surface area contributed by atoms with E-state index in [2.05, 4.69) is 5.10 Å². The molecule has 1 unspecified atom stereocenters. The summed E-state index contributed by atoms with van der Waals surface area (Å²) in [6.45, 7) is 4.33. The molecular formula is C20H26N2O4. The van der Waals surface area contributed by atoms with E-state index in [4.69, 9.17) is 14.6 Å². The zero-order valence-electron chi connectivity index (χ0n) is 15.5. The maximum absolute atomic E-state index is 11.0. The number of aliphatic carboxylic acids is 1. The maximum atomic E-state index is 11.0. The van der Waals surface area contributed by atoms with Crippen LogP contribution in [0.4, 0.5) is 0 Å². The molecule has 1 fully saturated rings. The third-order valence-corrected chi connectivity index (χ3v) is 4.79. The number of nitrogens with zero attached hydrogens (tertiary/aromatic N) is 2. The van der Waals surface area contributed by atoms with Gasteiger partial charge < -0.3 is 14.6 Å². The van der Waals surface area contributed by atoms with E-state index in [1.165, 1.54) is 0 Å². The van der Waals surface area contributed by atoms with Gasteiger partial charge in [-0.05, 0) is 49.8 Å². The molecule has 140 valence electrons. The van der Waals surface area contributed by atoms with Crippen LogP contribution in [-0.2, 0) is 18.3 Å². The first kappa shape index (κ1) is 18.3. The molecule has 1 aromatic carbocycles. The van der Waals surface area contributed by atoms with E-state index in [1.54, 1.807) is 11.6 Å². The fraction of sp³-hybridized carbons (Fsp3) is 0.500. The third kappa shape index (κ3) is 4.56. The molecule has 3 rings (SSSR count). The van der Waals surface area contributed by atoms with Crippen molar-refractivity contribution in [1.29, 1.82) is 0 Å². The van der Waals surface area contributed by atoms with Gasteiger partial charge in [0.1, 0.15) is 11.9 Å². The Labute approximate surface area is 153 Å². The molecule has 1 aliphatic carbocycles. The summed E-state index contributed by atoms with van der Waals surface area (Å²) >= 11 is 0. The number of carboxylic acid groups (broad SMARTS) is 1. The quantitative estimate of drug-likeness (QED) is 0.784. The van der Waals surface area contributed by atoms with Gasteiger partial charge in [0.05, 0.1) is 18.2 Å². The van der Waals surface area contributed by atoms with Crippen LogP contribution in [-0.4, -0.2) is 33.6 Å². The smallest absolute Gasteiger partial charge is 0.306 e. The Morgan fingerprint density at radius 2 is 2.15 bits per heavy atom. The monoisotopic (exact) mass is 358 g/mol. The Morgan fingerprint density at radius 1 is 1.38 bits per heavy atom. The Kier molecular flexibility index (Phi) is 5.49. The van der Waals surface area contributed by atoms with Crippen LogP contribution in [0.5, 0.6) is 11.6 Å². The minimum atomic E-state index is -0.777. The van der Waals surface area contributed by atoms with Crippen molar-refractivity contribution < 1.29 is 19.4 Å². The zero-order valence-corrected chi connectivity index (χ0v) is 15.5. The summed E-state index contributed by atoms with van der Waals surface area (Å²) in [7, 11) is 1.89. The predicted octanol–water partition coefficient (Wildman–Crippen LogP) is 3.23. The predicted molar refractivity (Wildman–Crippen MR) is 97.5 cm³/mol. The highest BCUT2D eigenvalue weighted by molar-refractivity contribution is 5.69. The molecule has 0 spiro atoms. The number of rotatable bonds is 8. The van der Waals surface area contributed by atoms with Gasteiger partial charge in [0.25, 0.3) is 0 Å². The lowest BCUT2D eigenvalue weighted by molar-refractivity contribution is -0.141. The van der Waals surface area contributed by atoms with E-state index < -0.39 is 11.9 Å². The molecule has 0 aliphatic heterocycles. The van der Waals surface area contributed by atoms with Crippen molar-refractivity contribution in [3.05, 3.63) is 41.6 Å². The summed E-state index contributed by atoms with van der Waals surface area (Å²) in [6.07, 6.45) is 2.68. The number of hydrogen-bond acceptors (Lipinski definition) is 4. The molecule has 2 aromatic rings. The van der Waals surface area contributed by atoms with Gasteiger partial charge in [0.2, 0.25) is 5.88 Å². The fourth-order valence-corrected chi connectivity index (χ4v) is 3.19. The lowest BCUT2D eigenvalue weighted by atomic mass is 9.83. The summed E-state index contributed by atoms with van der Waals surface area (Å²) < 4.78 is 13.6. The standard InChI is InChI=1S/C20H26N2O4/c1-13(20(23)24)7-15-5-4-6-17(9-15)25-12-16-10-18(11-16)26-19-8-14(2)21-22(19)3/h4-6,8-9,13,16,18H,7,10-12H2,1-3H3,(H,23,24). The van der Waals surface area contributed by atoms with E-state index in [0.717, 1.165) is 35.7 Å². The van der Waals surface area contributed by atoms with Gasteiger partial charge in [0.15, 0.2) is 0 Å². The number of carbonyl (C=O) groups is 1. The number of hydrogen-bond donors (Lipinski definition) is 1. The van der Waals surface area contributed by atoms with Gasteiger partial charge >= 0.3 is 5.97 Å². The van der Waals surface area contributed by atoms with Crippen molar-refractivity contribution in [2.24, 2.45) is 18.9 Å². The molecule has 6 nitrogen and oxygen atoms in total. The highest BCUT2D eigenvalue weighted by atomic mass is 16.5. The van der Waals surface area contributed by atoms with E-state index >= 15 is 0 Å². The van der Waals surface area contributed by atoms with E-state index in [0.29, 0.717) is 18.9 Å². The first-order chi connectivity index (χ1) is 12.4. The van der Waals surface area contributed by atoms with Gasteiger partial charge in [-0.1, -0.05) is 19.1 Å². The molecule has 1 aromatic heterocycles. The molecule has 6 heteroatoms. The summed E-state index contributed by atoms with van der Waals surface area (Å²) in [6, 6.07) is 9.66. The van der Waals surface area contributed by atoms with Gasteiger partial charge in [-0.2, -0.15) is 5.10 Å². The van der Waals surface area contributed by atoms with Crippen LogP contribution in [0.2, 0.25) is 0 Å². The third-order valence-electron chi connectivity index (χ3n) is 4.79. The lowest BCUT2D eigenvalue weighted by Gasteiger charge is -2.34. The lowest BCUT2D eigenvalue weighted by Crippen LogP contribution is -2.37. The number of carboxylic acids is 1. The first-order valence-electron chi connectivity index (χ1n) is 9.02. The Morgan fingerprint density at radius 3 is 2.81 bits per heavy atom. The summed E-state index contributed by atoms with van der Waals surface area (Å²) in [5.41, 5.74) is 1.94. The van der Waals surface area contributed by atoms with Gasteiger partial charge in [0, 0.05) is 13.1 Å². The second-order valence-corrected chi connectivity index (χ2v) is 7.23. The average Bonchev–Trinajstić information content (AvgIpc) is 2.87. The van der Waals surface area contributed by atoms with Crippen LogP contribution >= 0.6 is 0 Å². The Bertz CT molecular complexity index is 765. The fourth-order valence-electron chi connectivity index (χ4n) is 3.19. The van der Waals surface area contributed by atoms with Crippen molar-refractivity contribution in [3.8, 4) is 11.6 Å². The minimum Gasteiger partial charge on any atom is -0.493 e. The second kappa shape index (κ2) is 7.81. The van der Waals surface area contributed by atoms with E-state index in [1.807, 2.05) is 44.3 Å². The minimum absolute atomic E-state index is 0.223. The molecule has 0 radical (unpaired) electrons. The molecule has 0 bridgehead atoms. The molecule has 0 amide bonds. The molecule has 1 aliphatic rings.